The molecular weight excluding hydrogens is 1220 g/mol. The lowest BCUT2D eigenvalue weighted by Crippen LogP contribution is -2.25. The number of ether oxygens (including phenoxy) is 4. The first-order chi connectivity index (χ1) is 44.4. The van der Waals surface area contributed by atoms with Gasteiger partial charge in [0.1, 0.15) is 33.9 Å². The molecule has 96 heavy (non-hydrogen) atoms. The zero-order valence-corrected chi connectivity index (χ0v) is 58.5. The number of hydrogen-bond donors (Lipinski definition) is 8. The van der Waals surface area contributed by atoms with Gasteiger partial charge in [0, 0.05) is 97.7 Å². The minimum atomic E-state index is -1.21. The lowest BCUT2D eigenvalue weighted by atomic mass is 9.79. The van der Waals surface area contributed by atoms with Crippen LogP contribution in [0.4, 0.5) is 26.7 Å². The molecule has 0 aliphatic rings. The molecule has 0 aliphatic heterocycles. The van der Waals surface area contributed by atoms with Crippen LogP contribution in [0.2, 0.25) is 0 Å². The molecule has 20 nitrogen and oxygen atoms in total. The molecule has 0 radical (unpaired) electrons. The molecular formula is C76H90N6O14. The number of phenols is 1. The number of carbonyl (C=O) groups excluding carboxylic acids is 4. The number of aromatic amines is 3. The van der Waals surface area contributed by atoms with Gasteiger partial charge in [-0.05, 0) is 109 Å². The first-order valence-electron chi connectivity index (χ1n) is 31.1. The van der Waals surface area contributed by atoms with Gasteiger partial charge in [0.05, 0.1) is 14.2 Å². The van der Waals surface area contributed by atoms with Crippen LogP contribution in [0, 0.1) is 0 Å². The van der Waals surface area contributed by atoms with E-state index < -0.39 is 35.5 Å². The number of amides is 2. The summed E-state index contributed by atoms with van der Waals surface area (Å²) in [5.74, 6) is -1.42. The number of benzene rings is 6. The molecule has 0 saturated carbocycles. The molecule has 3 heterocycles. The fraction of sp³-hybridized carbons (Fsp3) is 0.342. The number of pyridine rings is 3. The first-order valence-corrected chi connectivity index (χ1v) is 31.1. The Hall–Kier alpha value is -10.5. The molecule has 0 saturated heterocycles. The van der Waals surface area contributed by atoms with Crippen LogP contribution in [0.1, 0.15) is 189 Å². The predicted molar refractivity (Wildman–Crippen MR) is 380 cm³/mol. The van der Waals surface area contributed by atoms with E-state index in [9.17, 15) is 43.5 Å². The van der Waals surface area contributed by atoms with Crippen molar-refractivity contribution in [2.75, 3.05) is 30.6 Å². The van der Waals surface area contributed by atoms with Crippen LogP contribution >= 0.6 is 0 Å². The zero-order valence-electron chi connectivity index (χ0n) is 58.5. The third-order valence-corrected chi connectivity index (χ3v) is 15.6. The van der Waals surface area contributed by atoms with Crippen molar-refractivity contribution in [3.05, 3.63) is 209 Å². The number of carboxylic acids is 1. The van der Waals surface area contributed by atoms with E-state index in [1.165, 1.54) is 32.8 Å². The second-order valence-electron chi connectivity index (χ2n) is 29.3. The number of rotatable bonds is 7. The lowest BCUT2D eigenvalue weighted by Gasteiger charge is -2.29. The highest BCUT2D eigenvalue weighted by Gasteiger charge is 2.31. The Morgan fingerprint density at radius 3 is 1.05 bits per heavy atom. The smallest absolute Gasteiger partial charge is 0.508 e. The van der Waals surface area contributed by atoms with Gasteiger partial charge in [0.15, 0.2) is 0 Å². The van der Waals surface area contributed by atoms with E-state index in [0.717, 1.165) is 33.4 Å². The largest absolute Gasteiger partial charge is 0.513 e. The van der Waals surface area contributed by atoms with Crippen LogP contribution < -0.4 is 42.1 Å². The number of aromatic nitrogens is 3. The summed E-state index contributed by atoms with van der Waals surface area (Å²) >= 11 is 0. The van der Waals surface area contributed by atoms with Crippen LogP contribution in [0.25, 0.3) is 32.7 Å². The van der Waals surface area contributed by atoms with E-state index in [4.69, 9.17) is 20.3 Å². The van der Waals surface area contributed by atoms with Crippen molar-refractivity contribution in [3.63, 3.8) is 0 Å². The van der Waals surface area contributed by atoms with Crippen molar-refractivity contribution in [2.45, 2.75) is 157 Å². The minimum Gasteiger partial charge on any atom is -0.508 e. The highest BCUT2D eigenvalue weighted by Crippen LogP contribution is 2.43. The molecule has 0 spiro atoms. The third kappa shape index (κ3) is 18.0. The number of fused-ring (bicyclic) bond motifs is 3. The summed E-state index contributed by atoms with van der Waals surface area (Å²) in [4.78, 5) is 106. The van der Waals surface area contributed by atoms with Gasteiger partial charge in [-0.1, -0.05) is 161 Å². The van der Waals surface area contributed by atoms with Gasteiger partial charge < -0.3 is 60.5 Å². The molecule has 20 heteroatoms. The Bertz CT molecular complexity index is 4610. The second-order valence-corrected chi connectivity index (χ2v) is 29.3. The van der Waals surface area contributed by atoms with Gasteiger partial charge in [0.25, 0.3) is 11.8 Å². The van der Waals surface area contributed by atoms with E-state index in [-0.39, 0.29) is 71.5 Å². The Morgan fingerprint density at radius 1 is 0.406 bits per heavy atom. The van der Waals surface area contributed by atoms with Gasteiger partial charge >= 0.3 is 18.3 Å². The number of hydrogen-bond acceptors (Lipinski definition) is 14. The number of nitrogens with one attached hydrogen (secondary N) is 5. The van der Waals surface area contributed by atoms with Gasteiger partial charge in [0.2, 0.25) is 16.3 Å². The van der Waals surface area contributed by atoms with E-state index in [0.29, 0.717) is 55.5 Å². The van der Waals surface area contributed by atoms with Crippen molar-refractivity contribution in [1.29, 1.82) is 0 Å². The highest BCUT2D eigenvalue weighted by atomic mass is 16.7. The fourth-order valence-electron chi connectivity index (χ4n) is 10.4. The van der Waals surface area contributed by atoms with E-state index in [1.807, 2.05) is 113 Å². The van der Waals surface area contributed by atoms with Crippen LogP contribution in [0.5, 0.6) is 17.2 Å². The predicted octanol–water partition coefficient (Wildman–Crippen LogP) is 15.8. The SMILES string of the molecule is CC(C)(C)c1cc(C(C)(C)C)c(NC(=O)c2c[nH]c3ccccc3c2=O)cc1O.COC(=O)Oc1cc(N)c(C(C)(C)C)cc1C(C)(C)C.COC(=O)Oc1cc(NC(=O)c2c[nH]c3ccccc3c2=O)c(C(C)(C)C)cc1C(C)(C)C.O=C(O)c1c[nH]c2ccccc2c1=O. The topological polar surface area (TPSA) is 311 Å². The molecule has 9 N–H and O–H groups in total. The van der Waals surface area contributed by atoms with Gasteiger partial charge in [-0.25, -0.2) is 14.4 Å². The number of methoxy groups -OCH3 is 2. The maximum atomic E-state index is 13.2. The maximum absolute atomic E-state index is 13.2. The van der Waals surface area contributed by atoms with Crippen LogP contribution in [0.15, 0.2) is 142 Å². The molecule has 2 amide bonds. The maximum Gasteiger partial charge on any atom is 0.513 e. The summed E-state index contributed by atoms with van der Waals surface area (Å²) in [6.45, 7) is 36.8. The summed E-state index contributed by atoms with van der Waals surface area (Å²) < 4.78 is 19.9. The number of anilines is 3. The number of para-hydroxylation sites is 3. The molecule has 0 fully saturated rings. The average molecular weight is 1310 g/mol. The Balaban J connectivity index is 0.000000211. The summed E-state index contributed by atoms with van der Waals surface area (Å²) in [5, 5.41) is 26.3. The average Bonchev–Trinajstić information content (AvgIpc) is 0.789. The molecule has 6 aromatic carbocycles. The normalized spacial score (nSPS) is 11.8. The Kier molecular flexibility index (Phi) is 22.5. The number of phenolic OH excluding ortho intramolecular Hbond substituents is 1. The monoisotopic (exact) mass is 1310 g/mol. The van der Waals surface area contributed by atoms with Crippen molar-refractivity contribution >= 4 is 79.9 Å². The van der Waals surface area contributed by atoms with Crippen LogP contribution in [-0.4, -0.2) is 69.5 Å². The molecule has 9 aromatic rings. The number of aromatic hydroxyl groups is 1. The Labute approximate surface area is 559 Å². The summed E-state index contributed by atoms with van der Waals surface area (Å²) in [6.07, 6.45) is 2.46. The molecule has 9 rings (SSSR count). The number of carboxylic acid groups (broad SMARTS) is 1. The number of aromatic carboxylic acids is 1. The van der Waals surface area contributed by atoms with E-state index in [1.54, 1.807) is 78.9 Å². The number of nitrogen functional groups attached to an aromatic ring is 1. The van der Waals surface area contributed by atoms with E-state index in [2.05, 4.69) is 76.6 Å². The summed E-state index contributed by atoms with van der Waals surface area (Å²) in [5.41, 5.74) is 12.1. The molecule has 0 aliphatic carbocycles. The molecule has 0 atom stereocenters. The minimum absolute atomic E-state index is 0.0103. The quantitative estimate of drug-likeness (QED) is 0.0418. The lowest BCUT2D eigenvalue weighted by molar-refractivity contribution is 0.0694. The van der Waals surface area contributed by atoms with Crippen molar-refractivity contribution in [2.24, 2.45) is 0 Å². The summed E-state index contributed by atoms with van der Waals surface area (Å²) in [6, 6.07) is 31.7. The van der Waals surface area contributed by atoms with Crippen molar-refractivity contribution in [1.82, 2.24) is 15.0 Å². The third-order valence-electron chi connectivity index (χ3n) is 15.6. The van der Waals surface area contributed by atoms with Crippen molar-refractivity contribution < 1.29 is 53.1 Å². The summed E-state index contributed by atoms with van der Waals surface area (Å²) in [7, 11) is 2.52. The second kappa shape index (κ2) is 29.0. The zero-order chi connectivity index (χ0) is 72.0. The van der Waals surface area contributed by atoms with Gasteiger partial charge in [-0.3, -0.25) is 24.0 Å². The molecule has 0 unspecified atom stereocenters. The molecule has 508 valence electrons. The fourth-order valence-corrected chi connectivity index (χ4v) is 10.4. The number of nitrogens with two attached hydrogens (primary N) is 1. The Morgan fingerprint density at radius 2 is 0.708 bits per heavy atom. The molecule has 3 aromatic heterocycles. The highest BCUT2D eigenvalue weighted by molar-refractivity contribution is 6.07. The first kappa shape index (κ1) is 74.5. The van der Waals surface area contributed by atoms with Crippen LogP contribution in [-0.2, 0) is 42.0 Å². The van der Waals surface area contributed by atoms with Crippen molar-refractivity contribution in [3.8, 4) is 17.2 Å². The number of H-pyrrole nitrogens is 3. The van der Waals surface area contributed by atoms with Crippen LogP contribution in [0.3, 0.4) is 0 Å². The molecule has 0 bridgehead atoms. The number of carbonyl (C=O) groups is 5. The van der Waals surface area contributed by atoms with Gasteiger partial charge in [-0.2, -0.15) is 0 Å². The van der Waals surface area contributed by atoms with E-state index >= 15 is 0 Å². The van der Waals surface area contributed by atoms with Gasteiger partial charge in [-0.15, -0.1) is 0 Å². The standard InChI is InChI=1S/C26H30N2O5.C24H28N2O3.C16H25NO3.C10H7NO3/c1-25(2,3)17-12-18(26(4,5)6)21(33-24(31)32-7)13-20(17)28-23(30)16-14-27-19-11-9-8-10-15(19)22(16)29;1-23(2,3)16-11-17(24(4,5)6)20(27)12-19(16)26-22(29)15-13-25-18-10-8-7-9-14(18)21(15)28;1-15(2,3)10-8-11(16(4,5)6)13(9-12(10)17)20-14(18)19-7;12-9-6-3-1-2-4-8(6)11-5-7(9)10(13)14/h8-14H,1-7H3,(H,27,29)(H,28,30);7-13,27H,1-6H3,(H,25,28)(H,26,29);8-9H,17H2,1-7H3;1-5H,(H,11,12)(H,13,14).